The summed E-state index contributed by atoms with van der Waals surface area (Å²) >= 11 is 6.08. The van der Waals surface area contributed by atoms with E-state index in [1.807, 2.05) is 0 Å². The van der Waals surface area contributed by atoms with Gasteiger partial charge in [0.05, 0.1) is 0 Å². The molecule has 1 nitrogen and oxygen atoms in total. The van der Waals surface area contributed by atoms with E-state index in [1.165, 1.54) is 24.0 Å². The monoisotopic (exact) mass is 209 g/mol. The fraction of sp³-hybridized carbons (Fsp3) is 0.500. The Morgan fingerprint density at radius 2 is 2.14 bits per heavy atom. The van der Waals surface area contributed by atoms with Gasteiger partial charge in [0.25, 0.3) is 0 Å². The first-order valence-corrected chi connectivity index (χ1v) is 5.70. The van der Waals surface area contributed by atoms with Crippen LogP contribution in [0.2, 0.25) is 0 Å². The number of halogens is 1. The molecule has 14 heavy (non-hydrogen) atoms. The van der Waals surface area contributed by atoms with Crippen molar-refractivity contribution in [2.75, 3.05) is 12.4 Å². The Hall–Kier alpha value is -0.530. The highest BCUT2D eigenvalue weighted by atomic mass is 35.5. The molecule has 0 aromatic heterocycles. The third kappa shape index (κ3) is 1.45. The van der Waals surface area contributed by atoms with E-state index < -0.39 is 0 Å². The van der Waals surface area contributed by atoms with Crippen molar-refractivity contribution in [2.45, 2.75) is 24.7 Å². The Bertz CT molecular complexity index is 318. The highest BCUT2D eigenvalue weighted by Crippen LogP contribution is 2.37. The highest BCUT2D eigenvalue weighted by molar-refractivity contribution is 6.18. The van der Waals surface area contributed by atoms with Gasteiger partial charge in [0.15, 0.2) is 0 Å². The lowest BCUT2D eigenvalue weighted by atomic mass is 9.71. The van der Waals surface area contributed by atoms with Crippen molar-refractivity contribution in [2.24, 2.45) is 5.73 Å². The highest BCUT2D eigenvalue weighted by Gasteiger charge is 2.34. The predicted molar refractivity (Wildman–Crippen MR) is 60.8 cm³/mol. The first kappa shape index (κ1) is 10.0. The zero-order valence-electron chi connectivity index (χ0n) is 8.30. The van der Waals surface area contributed by atoms with Gasteiger partial charge in [0.2, 0.25) is 0 Å². The maximum Gasteiger partial charge on any atom is 0.0332 e. The molecule has 1 aromatic carbocycles. The molecule has 0 amide bonds. The van der Waals surface area contributed by atoms with E-state index in [9.17, 15) is 0 Å². The SMILES string of the molecule is NCC1(CCl)CCCc2ccccc21. The first-order valence-electron chi connectivity index (χ1n) is 5.17. The van der Waals surface area contributed by atoms with Crippen LogP contribution in [0.25, 0.3) is 0 Å². The molecule has 1 aromatic rings. The molecule has 0 fully saturated rings. The number of hydrogen-bond acceptors (Lipinski definition) is 1. The van der Waals surface area contributed by atoms with Crippen LogP contribution in [0.3, 0.4) is 0 Å². The topological polar surface area (TPSA) is 26.0 Å². The summed E-state index contributed by atoms with van der Waals surface area (Å²) in [6.45, 7) is 0.660. The van der Waals surface area contributed by atoms with Crippen LogP contribution < -0.4 is 5.73 Å². The number of fused-ring (bicyclic) bond motifs is 1. The summed E-state index contributed by atoms with van der Waals surface area (Å²) in [4.78, 5) is 0. The van der Waals surface area contributed by atoms with Crippen LogP contribution in [-0.2, 0) is 11.8 Å². The molecule has 76 valence electrons. The Kier molecular flexibility index (Phi) is 2.80. The van der Waals surface area contributed by atoms with Gasteiger partial charge in [0, 0.05) is 17.8 Å². The predicted octanol–water partition coefficient (Wildman–Crippen LogP) is 2.46. The smallest absolute Gasteiger partial charge is 0.0332 e. The lowest BCUT2D eigenvalue weighted by molar-refractivity contribution is 0.409. The zero-order chi connectivity index (χ0) is 10.0. The summed E-state index contributed by atoms with van der Waals surface area (Å²) in [5.41, 5.74) is 8.73. The van der Waals surface area contributed by atoms with Crippen LogP contribution in [0.5, 0.6) is 0 Å². The number of benzene rings is 1. The van der Waals surface area contributed by atoms with Crippen molar-refractivity contribution in [3.05, 3.63) is 35.4 Å². The first-order chi connectivity index (χ1) is 6.82. The molecular formula is C12H16ClN. The van der Waals surface area contributed by atoms with Crippen LogP contribution in [-0.4, -0.2) is 12.4 Å². The zero-order valence-corrected chi connectivity index (χ0v) is 9.06. The normalized spacial score (nSPS) is 25.9. The van der Waals surface area contributed by atoms with Gasteiger partial charge in [0.1, 0.15) is 0 Å². The second-order valence-corrected chi connectivity index (χ2v) is 4.40. The maximum atomic E-state index is 6.08. The molecular weight excluding hydrogens is 194 g/mol. The van der Waals surface area contributed by atoms with Gasteiger partial charge in [-0.3, -0.25) is 0 Å². The summed E-state index contributed by atoms with van der Waals surface area (Å²) in [6, 6.07) is 8.57. The summed E-state index contributed by atoms with van der Waals surface area (Å²) in [5, 5.41) is 0. The standard InChI is InChI=1S/C12H16ClN/c13-8-12(9-14)7-3-5-10-4-1-2-6-11(10)12/h1-2,4,6H,3,5,7-9,14H2. The third-order valence-corrected chi connectivity index (χ3v) is 3.85. The third-order valence-electron chi connectivity index (χ3n) is 3.34. The van der Waals surface area contributed by atoms with E-state index in [0.29, 0.717) is 12.4 Å². The number of rotatable bonds is 2. The van der Waals surface area contributed by atoms with Crippen molar-refractivity contribution in [1.82, 2.24) is 0 Å². The van der Waals surface area contributed by atoms with E-state index in [1.54, 1.807) is 0 Å². The van der Waals surface area contributed by atoms with E-state index in [-0.39, 0.29) is 5.41 Å². The number of aryl methyl sites for hydroxylation is 1. The van der Waals surface area contributed by atoms with Gasteiger partial charge in [-0.25, -0.2) is 0 Å². The molecule has 2 rings (SSSR count). The van der Waals surface area contributed by atoms with Crippen molar-refractivity contribution >= 4 is 11.6 Å². The Morgan fingerprint density at radius 3 is 2.86 bits per heavy atom. The summed E-state index contributed by atoms with van der Waals surface area (Å²) in [7, 11) is 0. The molecule has 1 aliphatic carbocycles. The van der Waals surface area contributed by atoms with Crippen LogP contribution in [0.1, 0.15) is 24.0 Å². The van der Waals surface area contributed by atoms with Gasteiger partial charge >= 0.3 is 0 Å². The van der Waals surface area contributed by atoms with Crippen molar-refractivity contribution in [1.29, 1.82) is 0 Å². The van der Waals surface area contributed by atoms with Crippen LogP contribution in [0.15, 0.2) is 24.3 Å². The van der Waals surface area contributed by atoms with E-state index in [4.69, 9.17) is 17.3 Å². The lowest BCUT2D eigenvalue weighted by Gasteiger charge is -2.36. The van der Waals surface area contributed by atoms with Gasteiger partial charge in [-0.15, -0.1) is 11.6 Å². The van der Waals surface area contributed by atoms with Crippen LogP contribution in [0.4, 0.5) is 0 Å². The molecule has 0 heterocycles. The number of nitrogens with two attached hydrogens (primary N) is 1. The fourth-order valence-electron chi connectivity index (χ4n) is 2.41. The average Bonchev–Trinajstić information content (AvgIpc) is 2.28. The van der Waals surface area contributed by atoms with E-state index in [0.717, 1.165) is 6.42 Å². The van der Waals surface area contributed by atoms with E-state index in [2.05, 4.69) is 24.3 Å². The molecule has 0 saturated carbocycles. The molecule has 1 aliphatic rings. The largest absolute Gasteiger partial charge is 0.330 e. The molecule has 0 radical (unpaired) electrons. The molecule has 1 unspecified atom stereocenters. The summed E-state index contributed by atoms with van der Waals surface area (Å²) < 4.78 is 0. The van der Waals surface area contributed by atoms with Gasteiger partial charge in [-0.2, -0.15) is 0 Å². The summed E-state index contributed by atoms with van der Waals surface area (Å²) in [5.74, 6) is 0.639. The van der Waals surface area contributed by atoms with Crippen molar-refractivity contribution in [3.8, 4) is 0 Å². The quantitative estimate of drug-likeness (QED) is 0.745. The lowest BCUT2D eigenvalue weighted by Crippen LogP contribution is -2.40. The second kappa shape index (κ2) is 3.92. The number of alkyl halides is 1. The fourth-order valence-corrected chi connectivity index (χ4v) is 2.80. The second-order valence-electron chi connectivity index (χ2n) is 4.13. The molecule has 0 aliphatic heterocycles. The Labute approximate surface area is 90.3 Å². The van der Waals surface area contributed by atoms with Crippen molar-refractivity contribution in [3.63, 3.8) is 0 Å². The van der Waals surface area contributed by atoms with Gasteiger partial charge in [-0.05, 0) is 30.4 Å². The molecule has 0 saturated heterocycles. The van der Waals surface area contributed by atoms with Crippen LogP contribution in [0, 0.1) is 0 Å². The van der Waals surface area contributed by atoms with Crippen LogP contribution >= 0.6 is 11.6 Å². The minimum Gasteiger partial charge on any atom is -0.330 e. The molecule has 2 heteroatoms. The maximum absolute atomic E-state index is 6.08. The molecule has 1 atom stereocenters. The minimum atomic E-state index is 0.0381. The molecule has 2 N–H and O–H groups in total. The molecule has 0 bridgehead atoms. The molecule has 0 spiro atoms. The van der Waals surface area contributed by atoms with Crippen molar-refractivity contribution < 1.29 is 0 Å². The van der Waals surface area contributed by atoms with E-state index >= 15 is 0 Å². The Balaban J connectivity index is 2.48. The van der Waals surface area contributed by atoms with Gasteiger partial charge < -0.3 is 5.73 Å². The Morgan fingerprint density at radius 1 is 1.36 bits per heavy atom. The average molecular weight is 210 g/mol. The van der Waals surface area contributed by atoms with Gasteiger partial charge in [-0.1, -0.05) is 24.3 Å². The minimum absolute atomic E-state index is 0.0381. The summed E-state index contributed by atoms with van der Waals surface area (Å²) in [6.07, 6.45) is 3.51. The number of hydrogen-bond donors (Lipinski definition) is 1.